The fourth-order valence-electron chi connectivity index (χ4n) is 2.42. The molecule has 1 aromatic carbocycles. The van der Waals surface area contributed by atoms with Gasteiger partial charge in [-0.05, 0) is 23.5 Å². The number of imidazole rings is 1. The first kappa shape index (κ1) is 15.9. The van der Waals surface area contributed by atoms with Crippen molar-refractivity contribution in [1.29, 1.82) is 0 Å². The Kier molecular flexibility index (Phi) is 4.39. The normalized spacial score (nSPS) is 13.6. The van der Waals surface area contributed by atoms with E-state index in [1.807, 2.05) is 37.3 Å². The van der Waals surface area contributed by atoms with Gasteiger partial charge < -0.3 is 20.5 Å². The molecule has 0 aliphatic carbocycles. The lowest BCUT2D eigenvalue weighted by molar-refractivity contribution is -0.391. The molecule has 0 aliphatic rings. The predicted octanol–water partition coefficient (Wildman–Crippen LogP) is 2.04. The van der Waals surface area contributed by atoms with Crippen LogP contribution in [0.4, 0.5) is 11.6 Å². The molecule has 0 saturated carbocycles. The smallest absolute Gasteiger partial charge is 0.368 e. The van der Waals surface area contributed by atoms with Gasteiger partial charge in [-0.1, -0.05) is 39.9 Å². The number of nitrogens with one attached hydrogen (secondary N) is 1. The lowest BCUT2D eigenvalue weighted by Crippen LogP contribution is -2.32. The Bertz CT molecular complexity index is 849. The first-order chi connectivity index (χ1) is 11.5. The fourth-order valence-corrected chi connectivity index (χ4v) is 2.42. The van der Waals surface area contributed by atoms with Gasteiger partial charge >= 0.3 is 5.82 Å². The average Bonchev–Trinajstić information content (AvgIpc) is 2.99. The Balaban J connectivity index is 1.73. The van der Waals surface area contributed by atoms with Gasteiger partial charge in [0.15, 0.2) is 5.82 Å². The highest BCUT2D eigenvalue weighted by atomic mass is 16.6. The van der Waals surface area contributed by atoms with Crippen molar-refractivity contribution in [2.45, 2.75) is 25.5 Å². The third-order valence-electron chi connectivity index (χ3n) is 3.77. The third kappa shape index (κ3) is 3.33. The van der Waals surface area contributed by atoms with E-state index in [9.17, 15) is 15.2 Å². The number of benzene rings is 1. The second-order valence-electron chi connectivity index (χ2n) is 5.55. The van der Waals surface area contributed by atoms with Gasteiger partial charge in [-0.15, -0.1) is 0 Å². The zero-order valence-corrected chi connectivity index (χ0v) is 13.0. The molecule has 2 atom stereocenters. The number of hydrogen-bond donors (Lipinski definition) is 2. The lowest BCUT2D eigenvalue weighted by Gasteiger charge is -2.20. The largest absolute Gasteiger partial charge is 0.391 e. The molecule has 0 spiro atoms. The van der Waals surface area contributed by atoms with Crippen molar-refractivity contribution >= 4 is 17.3 Å². The van der Waals surface area contributed by atoms with Crippen LogP contribution in [0.3, 0.4) is 0 Å². The van der Waals surface area contributed by atoms with E-state index in [1.165, 1.54) is 10.7 Å². The summed E-state index contributed by atoms with van der Waals surface area (Å²) >= 11 is 0. The number of nitro groups is 1. The van der Waals surface area contributed by atoms with Crippen molar-refractivity contribution in [1.82, 2.24) is 14.6 Å². The molecular formula is C16H17N5O3. The number of aliphatic hydroxyl groups excluding tert-OH is 1. The van der Waals surface area contributed by atoms with E-state index in [4.69, 9.17) is 0 Å². The number of fused-ring (bicyclic) bond motifs is 1. The summed E-state index contributed by atoms with van der Waals surface area (Å²) in [7, 11) is 0. The molecule has 0 amide bonds. The monoisotopic (exact) mass is 327 g/mol. The molecule has 0 fully saturated rings. The van der Waals surface area contributed by atoms with Crippen LogP contribution in [-0.4, -0.2) is 36.8 Å². The van der Waals surface area contributed by atoms with Crippen LogP contribution < -0.4 is 5.32 Å². The molecule has 8 nitrogen and oxygen atoms in total. The van der Waals surface area contributed by atoms with Crippen molar-refractivity contribution < 1.29 is 10.0 Å². The molecule has 3 rings (SSSR count). The highest BCUT2D eigenvalue weighted by Gasteiger charge is 2.19. The number of nitrogens with zero attached hydrogens (tertiary/aromatic N) is 4. The van der Waals surface area contributed by atoms with E-state index in [0.717, 1.165) is 5.56 Å². The number of hydrogen-bond acceptors (Lipinski definition) is 6. The van der Waals surface area contributed by atoms with Crippen LogP contribution in [-0.2, 0) is 6.42 Å². The SMILES string of the molecule is CC(Nc1ccc2ncc([N+](=O)[O-])n2n1)C(O)Cc1ccccc1. The minimum atomic E-state index is -0.623. The Labute approximate surface area is 137 Å². The van der Waals surface area contributed by atoms with Crippen molar-refractivity contribution in [3.8, 4) is 0 Å². The molecule has 2 aromatic heterocycles. The minimum Gasteiger partial charge on any atom is -0.391 e. The van der Waals surface area contributed by atoms with Gasteiger partial charge in [-0.2, -0.15) is 0 Å². The van der Waals surface area contributed by atoms with Gasteiger partial charge in [0.2, 0.25) is 5.65 Å². The van der Waals surface area contributed by atoms with E-state index < -0.39 is 11.0 Å². The zero-order chi connectivity index (χ0) is 17.1. The van der Waals surface area contributed by atoms with Crippen molar-refractivity contribution in [3.05, 3.63) is 64.3 Å². The van der Waals surface area contributed by atoms with Crippen LogP contribution in [0, 0.1) is 10.1 Å². The van der Waals surface area contributed by atoms with E-state index in [1.54, 1.807) is 12.1 Å². The maximum absolute atomic E-state index is 11.0. The van der Waals surface area contributed by atoms with Gasteiger partial charge in [-0.3, -0.25) is 0 Å². The topological polar surface area (TPSA) is 106 Å². The number of rotatable bonds is 6. The summed E-state index contributed by atoms with van der Waals surface area (Å²) in [4.78, 5) is 14.4. The first-order valence-corrected chi connectivity index (χ1v) is 7.52. The quantitative estimate of drug-likeness (QED) is 0.530. The highest BCUT2D eigenvalue weighted by molar-refractivity contribution is 5.48. The Morgan fingerprint density at radius 1 is 1.29 bits per heavy atom. The molecule has 0 aliphatic heterocycles. The molecule has 124 valence electrons. The fraction of sp³-hybridized carbons (Fsp3) is 0.250. The van der Waals surface area contributed by atoms with E-state index in [2.05, 4.69) is 15.4 Å². The van der Waals surface area contributed by atoms with Crippen LogP contribution in [0.5, 0.6) is 0 Å². The number of anilines is 1. The zero-order valence-electron chi connectivity index (χ0n) is 13.0. The van der Waals surface area contributed by atoms with Crippen LogP contribution in [0.15, 0.2) is 48.7 Å². The Hall–Kier alpha value is -3.00. The summed E-state index contributed by atoms with van der Waals surface area (Å²) in [5.74, 6) is 0.231. The number of aromatic nitrogens is 3. The molecule has 0 saturated heterocycles. The summed E-state index contributed by atoms with van der Waals surface area (Å²) in [5.41, 5.74) is 1.43. The molecule has 2 unspecified atom stereocenters. The van der Waals surface area contributed by atoms with Crippen LogP contribution in [0.25, 0.3) is 5.65 Å². The Morgan fingerprint density at radius 3 is 2.75 bits per heavy atom. The second kappa shape index (κ2) is 6.63. The second-order valence-corrected chi connectivity index (χ2v) is 5.55. The molecule has 0 bridgehead atoms. The van der Waals surface area contributed by atoms with E-state index in [-0.39, 0.29) is 11.9 Å². The summed E-state index contributed by atoms with van der Waals surface area (Å²) in [6.45, 7) is 1.84. The summed E-state index contributed by atoms with van der Waals surface area (Å²) < 4.78 is 1.17. The van der Waals surface area contributed by atoms with Gasteiger partial charge in [0.25, 0.3) is 0 Å². The lowest BCUT2D eigenvalue weighted by atomic mass is 10.0. The predicted molar refractivity (Wildman–Crippen MR) is 88.9 cm³/mol. The van der Waals surface area contributed by atoms with Crippen molar-refractivity contribution in [2.24, 2.45) is 0 Å². The van der Waals surface area contributed by atoms with Crippen molar-refractivity contribution in [2.75, 3.05) is 5.32 Å². The summed E-state index contributed by atoms with van der Waals surface area (Å²) in [6, 6.07) is 12.7. The van der Waals surface area contributed by atoms with Crippen LogP contribution in [0.1, 0.15) is 12.5 Å². The minimum absolute atomic E-state index is 0.203. The first-order valence-electron chi connectivity index (χ1n) is 7.52. The van der Waals surface area contributed by atoms with Crippen molar-refractivity contribution in [3.63, 3.8) is 0 Å². The molecule has 3 aromatic rings. The molecule has 2 N–H and O–H groups in total. The molecule has 2 heterocycles. The van der Waals surface area contributed by atoms with Crippen LogP contribution >= 0.6 is 0 Å². The Morgan fingerprint density at radius 2 is 2.04 bits per heavy atom. The van der Waals surface area contributed by atoms with Gasteiger partial charge in [0.1, 0.15) is 6.20 Å². The standard InChI is InChI=1S/C16H17N5O3/c1-11(13(22)9-12-5-3-2-4-6-12)18-14-7-8-15-17-10-16(21(23)24)20(15)19-14/h2-8,10-11,13,22H,9H2,1H3,(H,18,19). The molecule has 24 heavy (non-hydrogen) atoms. The maximum atomic E-state index is 11.0. The molecule has 8 heteroatoms. The van der Waals surface area contributed by atoms with Gasteiger partial charge in [0.05, 0.1) is 12.1 Å². The molecular weight excluding hydrogens is 310 g/mol. The van der Waals surface area contributed by atoms with Gasteiger partial charge in [-0.25, -0.2) is 4.98 Å². The third-order valence-corrected chi connectivity index (χ3v) is 3.77. The average molecular weight is 327 g/mol. The number of aliphatic hydroxyl groups is 1. The van der Waals surface area contributed by atoms with E-state index in [0.29, 0.717) is 17.9 Å². The highest BCUT2D eigenvalue weighted by Crippen LogP contribution is 2.16. The summed E-state index contributed by atoms with van der Waals surface area (Å²) in [6.07, 6.45) is 1.05. The maximum Gasteiger partial charge on any atom is 0.368 e. The molecule has 0 radical (unpaired) electrons. The van der Waals surface area contributed by atoms with Crippen LogP contribution in [0.2, 0.25) is 0 Å². The summed E-state index contributed by atoms with van der Waals surface area (Å²) in [5, 5.41) is 28.5. The van der Waals surface area contributed by atoms with E-state index >= 15 is 0 Å². The van der Waals surface area contributed by atoms with Gasteiger partial charge in [0, 0.05) is 12.5 Å².